The summed E-state index contributed by atoms with van der Waals surface area (Å²) >= 11 is -1.02. The van der Waals surface area contributed by atoms with Gasteiger partial charge in [0, 0.05) is 48.0 Å². The van der Waals surface area contributed by atoms with Crippen molar-refractivity contribution in [3.8, 4) is 0 Å². The van der Waals surface area contributed by atoms with Crippen LogP contribution in [0, 0.1) is 11.3 Å². The largest absolute Gasteiger partial charge is 0.598 e. The zero-order valence-corrected chi connectivity index (χ0v) is 20.2. The summed E-state index contributed by atoms with van der Waals surface area (Å²) in [7, 11) is 0. The number of benzene rings is 1. The molecule has 0 bridgehead atoms. The number of para-hydroxylation sites is 1. The molecule has 2 unspecified atom stereocenters. The molecular weight excluding hydrogens is 408 g/mol. The summed E-state index contributed by atoms with van der Waals surface area (Å²) in [4.78, 5) is 18.2. The number of likely N-dealkylation sites (tertiary alicyclic amines) is 1. The molecule has 3 N–H and O–H groups in total. The first-order chi connectivity index (χ1) is 14.7. The number of rotatable bonds is 9. The van der Waals surface area contributed by atoms with Crippen LogP contribution in [-0.2, 0) is 22.6 Å². The van der Waals surface area contributed by atoms with E-state index in [2.05, 4.69) is 52.8 Å². The fourth-order valence-corrected chi connectivity index (χ4v) is 5.16. The third-order valence-corrected chi connectivity index (χ3v) is 6.98. The Balaban J connectivity index is 1.37. The maximum absolute atomic E-state index is 12.4. The lowest BCUT2D eigenvalue weighted by Crippen LogP contribution is -2.51. The van der Waals surface area contributed by atoms with Crippen LogP contribution in [0.2, 0.25) is 0 Å². The number of H-pyrrole nitrogens is 1. The predicted molar refractivity (Wildman–Crippen MR) is 129 cm³/mol. The van der Waals surface area contributed by atoms with Crippen molar-refractivity contribution in [3.05, 3.63) is 36.0 Å². The van der Waals surface area contributed by atoms with Gasteiger partial charge in [0.1, 0.15) is 6.26 Å². The molecule has 172 valence electrons. The van der Waals surface area contributed by atoms with Crippen molar-refractivity contribution >= 4 is 28.2 Å². The number of carbonyl (C=O) groups excluding carboxylic acids is 1. The number of nitrogens with zero attached hydrogens (tertiary/aromatic N) is 1. The van der Waals surface area contributed by atoms with Gasteiger partial charge in [-0.2, -0.15) is 0 Å². The highest BCUT2D eigenvalue weighted by molar-refractivity contribution is 7.88. The minimum atomic E-state index is -1.02. The average Bonchev–Trinajstić information content (AvgIpc) is 3.11. The van der Waals surface area contributed by atoms with Gasteiger partial charge in [-0.1, -0.05) is 39.0 Å². The van der Waals surface area contributed by atoms with Crippen LogP contribution in [0.5, 0.6) is 0 Å². The molecule has 1 fully saturated rings. The minimum absolute atomic E-state index is 0.0488. The second kappa shape index (κ2) is 10.9. The standard InChI is InChI=1S/C24H38N4O2S/c1-24(2,3)22(27-31(4)30)17-28-13-10-18(11-14-28)15-23(29)25-12-9-19-16-26-21-8-6-5-7-20(19)21/h5-8,16,18,22,26-27H,9-15,17H2,1-4H3,(H,25,29). The SMILES string of the molecule is C[S+]([O-])NC(CN1CCC(CC(=O)NCCc2c[nH]c3ccccc23)CC1)C(C)(C)C. The highest BCUT2D eigenvalue weighted by Crippen LogP contribution is 2.25. The molecule has 1 amide bonds. The van der Waals surface area contributed by atoms with E-state index in [1.54, 1.807) is 6.26 Å². The summed E-state index contributed by atoms with van der Waals surface area (Å²) in [5.41, 5.74) is 2.44. The van der Waals surface area contributed by atoms with Crippen molar-refractivity contribution < 1.29 is 9.35 Å². The van der Waals surface area contributed by atoms with Crippen LogP contribution in [0.3, 0.4) is 0 Å². The number of nitrogens with one attached hydrogen (secondary N) is 3. The van der Waals surface area contributed by atoms with Crippen LogP contribution in [0.15, 0.2) is 30.5 Å². The second-order valence-corrected chi connectivity index (χ2v) is 11.0. The molecule has 2 aromatic rings. The molecule has 0 saturated carbocycles. The third kappa shape index (κ3) is 7.24. The van der Waals surface area contributed by atoms with Gasteiger partial charge in [0.2, 0.25) is 5.91 Å². The summed E-state index contributed by atoms with van der Waals surface area (Å²) in [6.45, 7) is 10.1. The van der Waals surface area contributed by atoms with Crippen molar-refractivity contribution in [2.45, 2.75) is 52.5 Å². The van der Waals surface area contributed by atoms with Gasteiger partial charge in [0.25, 0.3) is 0 Å². The Morgan fingerprint density at radius 2 is 2.00 bits per heavy atom. The number of hydrogen-bond acceptors (Lipinski definition) is 4. The first-order valence-corrected chi connectivity index (χ1v) is 12.9. The van der Waals surface area contributed by atoms with E-state index in [0.717, 1.165) is 44.4 Å². The van der Waals surface area contributed by atoms with Gasteiger partial charge in [-0.05, 0) is 55.3 Å². The lowest BCUT2D eigenvalue weighted by atomic mass is 9.86. The van der Waals surface area contributed by atoms with E-state index < -0.39 is 11.4 Å². The van der Waals surface area contributed by atoms with Crippen molar-refractivity contribution in [2.24, 2.45) is 11.3 Å². The zero-order chi connectivity index (χ0) is 22.4. The average molecular weight is 447 g/mol. The summed E-state index contributed by atoms with van der Waals surface area (Å²) in [6, 6.07) is 8.45. The van der Waals surface area contributed by atoms with Gasteiger partial charge >= 0.3 is 0 Å². The Bertz CT molecular complexity index is 837. The lowest BCUT2D eigenvalue weighted by molar-refractivity contribution is -0.122. The molecule has 6 nitrogen and oxygen atoms in total. The van der Waals surface area contributed by atoms with E-state index in [1.165, 1.54) is 10.9 Å². The highest BCUT2D eigenvalue weighted by Gasteiger charge is 2.31. The fraction of sp³-hybridized carbons (Fsp3) is 0.625. The quantitative estimate of drug-likeness (QED) is 0.517. The Kier molecular flexibility index (Phi) is 8.44. The van der Waals surface area contributed by atoms with Crippen LogP contribution in [0.25, 0.3) is 10.9 Å². The summed E-state index contributed by atoms with van der Waals surface area (Å²) < 4.78 is 14.9. The molecule has 2 heterocycles. The molecule has 7 heteroatoms. The van der Waals surface area contributed by atoms with Gasteiger partial charge in [-0.15, -0.1) is 4.72 Å². The van der Waals surface area contributed by atoms with E-state index in [-0.39, 0.29) is 17.4 Å². The summed E-state index contributed by atoms with van der Waals surface area (Å²) in [5, 5.41) is 4.34. The molecule has 0 radical (unpaired) electrons. The van der Waals surface area contributed by atoms with E-state index in [1.807, 2.05) is 18.3 Å². The van der Waals surface area contributed by atoms with Gasteiger partial charge in [-0.3, -0.25) is 4.79 Å². The topological polar surface area (TPSA) is 83.2 Å². The number of piperidine rings is 1. The van der Waals surface area contributed by atoms with Gasteiger partial charge < -0.3 is 19.8 Å². The molecule has 2 atom stereocenters. The number of hydrogen-bond donors (Lipinski definition) is 3. The van der Waals surface area contributed by atoms with E-state index in [9.17, 15) is 9.35 Å². The summed E-state index contributed by atoms with van der Waals surface area (Å²) in [6.07, 6.45) is 7.28. The number of aromatic amines is 1. The Morgan fingerprint density at radius 3 is 2.68 bits per heavy atom. The molecule has 1 saturated heterocycles. The summed E-state index contributed by atoms with van der Waals surface area (Å²) in [5.74, 6) is 0.611. The zero-order valence-electron chi connectivity index (χ0n) is 19.4. The smallest absolute Gasteiger partial charge is 0.220 e. The molecule has 31 heavy (non-hydrogen) atoms. The molecule has 1 aromatic carbocycles. The van der Waals surface area contributed by atoms with Gasteiger partial charge in [0.15, 0.2) is 0 Å². The third-order valence-electron chi connectivity index (χ3n) is 6.37. The van der Waals surface area contributed by atoms with Crippen molar-refractivity contribution in [3.63, 3.8) is 0 Å². The minimum Gasteiger partial charge on any atom is -0.598 e. The van der Waals surface area contributed by atoms with Crippen LogP contribution < -0.4 is 10.0 Å². The van der Waals surface area contributed by atoms with Crippen LogP contribution in [0.1, 0.15) is 45.6 Å². The van der Waals surface area contributed by atoms with Gasteiger partial charge in [0.05, 0.1) is 6.04 Å². The van der Waals surface area contributed by atoms with Gasteiger partial charge in [-0.25, -0.2) is 0 Å². The molecule has 3 rings (SSSR count). The van der Waals surface area contributed by atoms with Crippen LogP contribution >= 0.6 is 0 Å². The number of amides is 1. The first-order valence-electron chi connectivity index (χ1n) is 11.4. The molecule has 1 aromatic heterocycles. The molecule has 0 aliphatic carbocycles. The highest BCUT2D eigenvalue weighted by atomic mass is 32.2. The molecule has 1 aliphatic heterocycles. The Hall–Kier alpha value is -1.54. The number of aromatic nitrogens is 1. The Labute approximate surface area is 189 Å². The van der Waals surface area contributed by atoms with E-state index >= 15 is 0 Å². The lowest BCUT2D eigenvalue weighted by Gasteiger charge is -2.38. The van der Waals surface area contributed by atoms with Crippen molar-refractivity contribution in [1.29, 1.82) is 0 Å². The maximum atomic E-state index is 12.4. The van der Waals surface area contributed by atoms with Crippen LogP contribution in [-0.4, -0.2) is 58.8 Å². The second-order valence-electron chi connectivity index (χ2n) is 9.90. The number of fused-ring (bicyclic) bond motifs is 1. The molecule has 0 spiro atoms. The number of carbonyl (C=O) groups is 1. The van der Waals surface area contributed by atoms with Crippen molar-refractivity contribution in [2.75, 3.05) is 32.4 Å². The first kappa shape index (κ1) is 24.1. The molecular formula is C24H38N4O2S. The fourth-order valence-electron chi connectivity index (χ4n) is 4.33. The predicted octanol–water partition coefficient (Wildman–Crippen LogP) is 3.23. The monoisotopic (exact) mass is 446 g/mol. The van der Waals surface area contributed by atoms with E-state index in [0.29, 0.717) is 18.9 Å². The normalized spacial score (nSPS) is 18.2. The van der Waals surface area contributed by atoms with E-state index in [4.69, 9.17) is 0 Å². The van der Waals surface area contributed by atoms with Crippen LogP contribution in [0.4, 0.5) is 0 Å². The maximum Gasteiger partial charge on any atom is 0.220 e. The van der Waals surface area contributed by atoms with Crippen molar-refractivity contribution in [1.82, 2.24) is 19.9 Å². The molecule has 1 aliphatic rings. The Morgan fingerprint density at radius 1 is 1.29 bits per heavy atom.